The SMILES string of the molecule is COc1ccc(N/C=C/C(=O)C(C)(C)C)c(OC)c1. The number of carbonyl (C=O) groups is 1. The molecular weight excluding hydrogens is 242 g/mol. The Labute approximate surface area is 114 Å². The Morgan fingerprint density at radius 2 is 1.89 bits per heavy atom. The number of anilines is 1. The fourth-order valence-electron chi connectivity index (χ4n) is 1.37. The Morgan fingerprint density at radius 1 is 1.21 bits per heavy atom. The highest BCUT2D eigenvalue weighted by atomic mass is 16.5. The third kappa shape index (κ3) is 4.32. The summed E-state index contributed by atoms with van der Waals surface area (Å²) in [5, 5.41) is 3.04. The van der Waals surface area contributed by atoms with Crippen molar-refractivity contribution in [3.05, 3.63) is 30.5 Å². The molecule has 0 atom stereocenters. The predicted octanol–water partition coefficient (Wildman–Crippen LogP) is 3.24. The molecule has 19 heavy (non-hydrogen) atoms. The van der Waals surface area contributed by atoms with E-state index >= 15 is 0 Å². The van der Waals surface area contributed by atoms with Crippen LogP contribution in [0.25, 0.3) is 0 Å². The highest BCUT2D eigenvalue weighted by molar-refractivity contribution is 5.94. The average molecular weight is 263 g/mol. The molecule has 0 unspecified atom stereocenters. The molecule has 0 fully saturated rings. The minimum atomic E-state index is -0.373. The van der Waals surface area contributed by atoms with Gasteiger partial charge in [0.15, 0.2) is 5.78 Å². The van der Waals surface area contributed by atoms with Crippen LogP contribution in [0.4, 0.5) is 5.69 Å². The molecular formula is C15H21NO3. The molecule has 1 aromatic rings. The van der Waals surface area contributed by atoms with Crippen LogP contribution in [-0.4, -0.2) is 20.0 Å². The summed E-state index contributed by atoms with van der Waals surface area (Å²) in [5.41, 5.74) is 0.406. The van der Waals surface area contributed by atoms with Crippen molar-refractivity contribution in [2.75, 3.05) is 19.5 Å². The zero-order chi connectivity index (χ0) is 14.5. The molecule has 1 rings (SSSR count). The van der Waals surface area contributed by atoms with Crippen LogP contribution in [0.15, 0.2) is 30.5 Å². The van der Waals surface area contributed by atoms with Crippen LogP contribution in [0, 0.1) is 5.41 Å². The molecule has 0 amide bonds. The van der Waals surface area contributed by atoms with Gasteiger partial charge < -0.3 is 14.8 Å². The summed E-state index contributed by atoms with van der Waals surface area (Å²) >= 11 is 0. The van der Waals surface area contributed by atoms with Crippen LogP contribution < -0.4 is 14.8 Å². The topological polar surface area (TPSA) is 47.6 Å². The van der Waals surface area contributed by atoms with E-state index in [1.807, 2.05) is 32.9 Å². The van der Waals surface area contributed by atoms with Crippen LogP contribution in [0.1, 0.15) is 20.8 Å². The molecule has 1 aromatic carbocycles. The first-order valence-electron chi connectivity index (χ1n) is 6.08. The van der Waals surface area contributed by atoms with Crippen LogP contribution in [-0.2, 0) is 4.79 Å². The third-order valence-corrected chi connectivity index (χ3v) is 2.62. The molecule has 4 heteroatoms. The lowest BCUT2D eigenvalue weighted by molar-refractivity contribution is -0.121. The maximum Gasteiger partial charge on any atom is 0.162 e. The van der Waals surface area contributed by atoms with E-state index in [2.05, 4.69) is 5.32 Å². The molecule has 4 nitrogen and oxygen atoms in total. The van der Waals surface area contributed by atoms with Gasteiger partial charge >= 0.3 is 0 Å². The molecule has 0 aliphatic heterocycles. The molecule has 0 spiro atoms. The fraction of sp³-hybridized carbons (Fsp3) is 0.400. The van der Waals surface area contributed by atoms with Crippen molar-refractivity contribution in [2.24, 2.45) is 5.41 Å². The minimum absolute atomic E-state index is 0.0625. The minimum Gasteiger partial charge on any atom is -0.497 e. The first kappa shape index (κ1) is 15.1. The lowest BCUT2D eigenvalue weighted by Crippen LogP contribution is -2.17. The van der Waals surface area contributed by atoms with Gasteiger partial charge in [0.25, 0.3) is 0 Å². The number of nitrogens with one attached hydrogen (secondary N) is 1. The van der Waals surface area contributed by atoms with E-state index in [1.165, 1.54) is 6.08 Å². The number of ketones is 1. The Balaban J connectivity index is 2.78. The van der Waals surface area contributed by atoms with Gasteiger partial charge in [-0.25, -0.2) is 0 Å². The molecule has 0 saturated carbocycles. The Bertz CT molecular complexity index is 473. The summed E-state index contributed by atoms with van der Waals surface area (Å²) in [5.74, 6) is 1.44. The first-order chi connectivity index (χ1) is 8.88. The monoisotopic (exact) mass is 263 g/mol. The van der Waals surface area contributed by atoms with Gasteiger partial charge in [0, 0.05) is 17.7 Å². The number of hydrogen-bond donors (Lipinski definition) is 1. The summed E-state index contributed by atoms with van der Waals surface area (Å²) in [4.78, 5) is 11.7. The quantitative estimate of drug-likeness (QED) is 0.828. The number of allylic oxidation sites excluding steroid dienone is 1. The molecule has 0 heterocycles. The highest BCUT2D eigenvalue weighted by Gasteiger charge is 2.17. The second-order valence-corrected chi connectivity index (χ2v) is 5.16. The maximum absolute atomic E-state index is 11.7. The normalized spacial score (nSPS) is 11.4. The standard InChI is InChI=1S/C15H21NO3/c1-15(2,3)14(17)8-9-16-12-7-6-11(18-4)10-13(12)19-5/h6-10,16H,1-5H3/b9-8+. The van der Waals surface area contributed by atoms with Gasteiger partial charge in [-0.3, -0.25) is 4.79 Å². The highest BCUT2D eigenvalue weighted by Crippen LogP contribution is 2.29. The first-order valence-corrected chi connectivity index (χ1v) is 6.08. The zero-order valence-corrected chi connectivity index (χ0v) is 12.1. The van der Waals surface area contributed by atoms with Gasteiger partial charge in [-0.05, 0) is 18.2 Å². The van der Waals surface area contributed by atoms with Gasteiger partial charge in [-0.15, -0.1) is 0 Å². The number of carbonyl (C=O) groups excluding carboxylic acids is 1. The van der Waals surface area contributed by atoms with E-state index in [0.717, 1.165) is 11.4 Å². The number of ether oxygens (including phenoxy) is 2. The molecule has 1 N–H and O–H groups in total. The number of methoxy groups -OCH3 is 2. The second-order valence-electron chi connectivity index (χ2n) is 5.16. The molecule has 0 bridgehead atoms. The molecule has 0 aromatic heterocycles. The van der Waals surface area contributed by atoms with E-state index in [4.69, 9.17) is 9.47 Å². The Kier molecular flexibility index (Phi) is 4.98. The third-order valence-electron chi connectivity index (χ3n) is 2.62. The number of benzene rings is 1. The van der Waals surface area contributed by atoms with Gasteiger partial charge in [0.05, 0.1) is 19.9 Å². The maximum atomic E-state index is 11.7. The number of hydrogen-bond acceptors (Lipinski definition) is 4. The number of rotatable bonds is 5. The predicted molar refractivity (Wildman–Crippen MR) is 76.8 cm³/mol. The molecule has 0 aliphatic rings. The van der Waals surface area contributed by atoms with Crippen LogP contribution >= 0.6 is 0 Å². The van der Waals surface area contributed by atoms with Crippen molar-refractivity contribution in [2.45, 2.75) is 20.8 Å². The van der Waals surface area contributed by atoms with Gasteiger partial charge in [0.2, 0.25) is 0 Å². The van der Waals surface area contributed by atoms with Crippen LogP contribution in [0.3, 0.4) is 0 Å². The van der Waals surface area contributed by atoms with Crippen LogP contribution in [0.5, 0.6) is 11.5 Å². The molecule has 104 valence electrons. The van der Waals surface area contributed by atoms with Gasteiger partial charge in [0.1, 0.15) is 11.5 Å². The Hall–Kier alpha value is -1.97. The largest absolute Gasteiger partial charge is 0.497 e. The van der Waals surface area contributed by atoms with Crippen molar-refractivity contribution in [3.63, 3.8) is 0 Å². The van der Waals surface area contributed by atoms with Crippen molar-refractivity contribution >= 4 is 11.5 Å². The zero-order valence-electron chi connectivity index (χ0n) is 12.1. The summed E-state index contributed by atoms with van der Waals surface area (Å²) in [7, 11) is 3.19. The van der Waals surface area contributed by atoms with E-state index in [0.29, 0.717) is 5.75 Å². The fourth-order valence-corrected chi connectivity index (χ4v) is 1.37. The lowest BCUT2D eigenvalue weighted by atomic mass is 9.91. The van der Waals surface area contributed by atoms with E-state index in [9.17, 15) is 4.79 Å². The second kappa shape index (κ2) is 6.27. The van der Waals surface area contributed by atoms with Gasteiger partial charge in [-0.1, -0.05) is 20.8 Å². The summed E-state index contributed by atoms with van der Waals surface area (Å²) in [6.45, 7) is 5.65. The van der Waals surface area contributed by atoms with E-state index in [1.54, 1.807) is 26.5 Å². The smallest absolute Gasteiger partial charge is 0.162 e. The Morgan fingerprint density at radius 3 is 2.42 bits per heavy atom. The van der Waals surface area contributed by atoms with Crippen molar-refractivity contribution in [1.82, 2.24) is 0 Å². The van der Waals surface area contributed by atoms with Gasteiger partial charge in [-0.2, -0.15) is 0 Å². The summed E-state index contributed by atoms with van der Waals surface area (Å²) < 4.78 is 10.4. The average Bonchev–Trinajstić information content (AvgIpc) is 2.37. The summed E-state index contributed by atoms with van der Waals surface area (Å²) in [6.07, 6.45) is 3.15. The lowest BCUT2D eigenvalue weighted by Gasteiger charge is -2.13. The van der Waals surface area contributed by atoms with Crippen molar-refractivity contribution < 1.29 is 14.3 Å². The van der Waals surface area contributed by atoms with Crippen LogP contribution in [0.2, 0.25) is 0 Å². The molecule has 0 aliphatic carbocycles. The van der Waals surface area contributed by atoms with E-state index in [-0.39, 0.29) is 11.2 Å². The summed E-state index contributed by atoms with van der Waals surface area (Å²) in [6, 6.07) is 5.44. The van der Waals surface area contributed by atoms with Crippen molar-refractivity contribution in [1.29, 1.82) is 0 Å². The molecule has 0 radical (unpaired) electrons. The van der Waals surface area contributed by atoms with Crippen molar-refractivity contribution in [3.8, 4) is 11.5 Å². The van der Waals surface area contributed by atoms with E-state index < -0.39 is 0 Å². The molecule has 0 saturated heterocycles.